The maximum Gasteiger partial charge on any atom is 0.255 e. The molecule has 182 valence electrons. The van der Waals surface area contributed by atoms with Gasteiger partial charge in [0, 0.05) is 36.6 Å². The average molecular weight is 492 g/mol. The highest BCUT2D eigenvalue weighted by Crippen LogP contribution is 2.66. The van der Waals surface area contributed by atoms with Crippen LogP contribution in [0.5, 0.6) is 5.75 Å². The average Bonchev–Trinajstić information content (AvgIpc) is 3.72. The van der Waals surface area contributed by atoms with Gasteiger partial charge >= 0.3 is 0 Å². The summed E-state index contributed by atoms with van der Waals surface area (Å²) in [6.07, 6.45) is 6.66. The number of carbonyl (C=O) groups is 1. The molecular formula is C27H30ClN5O2. The lowest BCUT2D eigenvalue weighted by Crippen LogP contribution is -2.32. The van der Waals surface area contributed by atoms with Gasteiger partial charge in [0.2, 0.25) is 5.95 Å². The van der Waals surface area contributed by atoms with Gasteiger partial charge in [0.05, 0.1) is 11.1 Å². The Hall–Kier alpha value is -3.06. The zero-order chi connectivity index (χ0) is 24.4. The number of rotatable bonds is 5. The summed E-state index contributed by atoms with van der Waals surface area (Å²) < 4.78 is 0. The molecule has 1 amide bonds. The number of benzene rings is 2. The molecule has 1 aromatic heterocycles. The van der Waals surface area contributed by atoms with Crippen molar-refractivity contribution in [2.75, 3.05) is 24.3 Å². The van der Waals surface area contributed by atoms with Crippen molar-refractivity contribution in [3.8, 4) is 5.75 Å². The molecule has 2 spiro atoms. The molecule has 1 heterocycles. The van der Waals surface area contributed by atoms with Crippen LogP contribution in [0, 0.1) is 10.8 Å². The fourth-order valence-electron chi connectivity index (χ4n) is 6.00. The Labute approximate surface area is 209 Å². The van der Waals surface area contributed by atoms with Crippen LogP contribution in [0.15, 0.2) is 42.5 Å². The van der Waals surface area contributed by atoms with E-state index in [4.69, 9.17) is 21.6 Å². The Kier molecular flexibility index (Phi) is 5.11. The number of fused-ring (bicyclic) bond motifs is 1. The second-order valence-corrected chi connectivity index (χ2v) is 11.2. The van der Waals surface area contributed by atoms with Crippen LogP contribution in [-0.4, -0.2) is 47.2 Å². The summed E-state index contributed by atoms with van der Waals surface area (Å²) in [5.41, 5.74) is 1.69. The number of aromatic hydroxyl groups is 1. The summed E-state index contributed by atoms with van der Waals surface area (Å²) in [4.78, 5) is 24.3. The van der Waals surface area contributed by atoms with E-state index < -0.39 is 0 Å². The third kappa shape index (κ3) is 3.96. The lowest BCUT2D eigenvalue weighted by molar-refractivity contribution is 0.0936. The third-order valence-corrected chi connectivity index (χ3v) is 8.67. The van der Waals surface area contributed by atoms with Crippen LogP contribution < -0.4 is 15.5 Å². The van der Waals surface area contributed by atoms with Gasteiger partial charge < -0.3 is 20.6 Å². The van der Waals surface area contributed by atoms with Crippen molar-refractivity contribution in [1.82, 2.24) is 15.3 Å². The van der Waals surface area contributed by atoms with E-state index in [2.05, 4.69) is 16.7 Å². The van der Waals surface area contributed by atoms with E-state index in [0.29, 0.717) is 22.4 Å². The fraction of sp³-hybridized carbons (Fsp3) is 0.444. The number of nitrogens with zero attached hydrogens (tertiary/aromatic N) is 3. The van der Waals surface area contributed by atoms with Crippen LogP contribution in [0.3, 0.4) is 0 Å². The summed E-state index contributed by atoms with van der Waals surface area (Å²) in [6.45, 7) is 0. The normalized spacial score (nSPS) is 28.8. The zero-order valence-corrected chi connectivity index (χ0v) is 20.8. The Bertz CT molecular complexity index is 1320. The van der Waals surface area contributed by atoms with Gasteiger partial charge in [-0.3, -0.25) is 4.79 Å². The highest BCUT2D eigenvalue weighted by Gasteiger charge is 2.63. The molecule has 2 aromatic carbocycles. The molecule has 0 bridgehead atoms. The molecule has 7 nitrogen and oxygen atoms in total. The van der Waals surface area contributed by atoms with E-state index in [0.717, 1.165) is 55.2 Å². The number of carbonyl (C=O) groups excluding carboxylic acids is 1. The SMILES string of the molecule is CN(C)c1nc(NC2CC23CCC2(CC3)C[C@@H]2NC(=O)c2cc(Cl)ccc2O)nc2ccccc12. The number of nitrogens with one attached hydrogen (secondary N) is 2. The van der Waals surface area contributed by atoms with Crippen LogP contribution in [0.4, 0.5) is 11.8 Å². The number of amides is 1. The van der Waals surface area contributed by atoms with E-state index in [1.807, 2.05) is 37.2 Å². The summed E-state index contributed by atoms with van der Waals surface area (Å²) in [6, 6.07) is 13.3. The highest BCUT2D eigenvalue weighted by molar-refractivity contribution is 6.31. The molecule has 0 saturated heterocycles. The minimum atomic E-state index is -0.247. The molecule has 1 unspecified atom stereocenters. The molecular weight excluding hydrogens is 462 g/mol. The Balaban J connectivity index is 1.08. The van der Waals surface area contributed by atoms with Gasteiger partial charge in [-0.15, -0.1) is 0 Å². The predicted molar refractivity (Wildman–Crippen MR) is 138 cm³/mol. The molecule has 3 aromatic rings. The molecule has 2 atom stereocenters. The molecule has 0 aliphatic heterocycles. The topological polar surface area (TPSA) is 90.4 Å². The highest BCUT2D eigenvalue weighted by atomic mass is 35.5. The minimum Gasteiger partial charge on any atom is -0.507 e. The Morgan fingerprint density at radius 3 is 2.46 bits per heavy atom. The van der Waals surface area contributed by atoms with E-state index in [1.54, 1.807) is 6.07 Å². The van der Waals surface area contributed by atoms with E-state index >= 15 is 0 Å². The second kappa shape index (κ2) is 7.98. The van der Waals surface area contributed by atoms with E-state index in [-0.39, 0.29) is 28.7 Å². The summed E-state index contributed by atoms with van der Waals surface area (Å²) >= 11 is 6.01. The molecule has 8 heteroatoms. The van der Waals surface area contributed by atoms with E-state index in [9.17, 15) is 9.90 Å². The van der Waals surface area contributed by atoms with Crippen molar-refractivity contribution in [1.29, 1.82) is 0 Å². The Morgan fingerprint density at radius 1 is 1.03 bits per heavy atom. The quantitative estimate of drug-likeness (QED) is 0.466. The van der Waals surface area contributed by atoms with Crippen LogP contribution in [0.2, 0.25) is 5.02 Å². The molecule has 0 radical (unpaired) electrons. The maximum absolute atomic E-state index is 12.7. The van der Waals surface area contributed by atoms with Gasteiger partial charge in [-0.25, -0.2) is 4.98 Å². The fourth-order valence-corrected chi connectivity index (χ4v) is 6.17. The molecule has 3 saturated carbocycles. The van der Waals surface area contributed by atoms with Crippen LogP contribution in [0.25, 0.3) is 10.9 Å². The molecule has 35 heavy (non-hydrogen) atoms. The van der Waals surface area contributed by atoms with Gasteiger partial charge in [0.1, 0.15) is 11.6 Å². The second-order valence-electron chi connectivity index (χ2n) is 10.8. The summed E-state index contributed by atoms with van der Waals surface area (Å²) in [7, 11) is 4.02. The number of hydrogen-bond acceptors (Lipinski definition) is 6. The maximum atomic E-state index is 12.7. The largest absolute Gasteiger partial charge is 0.507 e. The number of aromatic nitrogens is 2. The van der Waals surface area contributed by atoms with Gasteiger partial charge in [-0.1, -0.05) is 23.7 Å². The number of para-hydroxylation sites is 1. The first-order valence-electron chi connectivity index (χ1n) is 12.3. The van der Waals surface area contributed by atoms with Gasteiger partial charge in [-0.2, -0.15) is 4.98 Å². The van der Waals surface area contributed by atoms with Gasteiger partial charge in [-0.05, 0) is 79.7 Å². The van der Waals surface area contributed by atoms with Crippen molar-refractivity contribution in [3.05, 3.63) is 53.1 Å². The molecule has 3 N–H and O–H groups in total. The lowest BCUT2D eigenvalue weighted by atomic mass is 9.76. The monoisotopic (exact) mass is 491 g/mol. The number of phenolic OH excluding ortho intramolecular Hbond substituents is 1. The number of anilines is 2. The van der Waals surface area contributed by atoms with Crippen molar-refractivity contribution in [3.63, 3.8) is 0 Å². The van der Waals surface area contributed by atoms with Crippen molar-refractivity contribution >= 4 is 40.2 Å². The first kappa shape index (κ1) is 22.4. The molecule has 3 fully saturated rings. The first-order valence-corrected chi connectivity index (χ1v) is 12.7. The molecule has 3 aliphatic rings. The van der Waals surface area contributed by atoms with Crippen molar-refractivity contribution in [2.45, 2.75) is 50.6 Å². The summed E-state index contributed by atoms with van der Waals surface area (Å²) in [5, 5.41) is 18.3. The van der Waals surface area contributed by atoms with Crippen molar-refractivity contribution in [2.24, 2.45) is 10.8 Å². The van der Waals surface area contributed by atoms with Crippen molar-refractivity contribution < 1.29 is 9.90 Å². The predicted octanol–water partition coefficient (Wildman–Crippen LogP) is 4.99. The zero-order valence-electron chi connectivity index (χ0n) is 20.0. The standard InChI is InChI=1S/C27H30ClN5O2/c1-33(2)23-17-5-3-4-6-19(17)29-25(32-23)31-22-15-27(22)11-9-26(10-12-27)14-21(26)30-24(35)18-13-16(28)7-8-20(18)34/h3-8,13,21-22,34H,9-12,14-15H2,1-2H3,(H,30,35)(H,29,31,32)/t21-,22?,26?,27?/m0/s1. The number of hydrogen-bond donors (Lipinski definition) is 3. The molecule has 3 aliphatic carbocycles. The van der Waals surface area contributed by atoms with E-state index in [1.165, 1.54) is 12.1 Å². The third-order valence-electron chi connectivity index (χ3n) is 8.44. The Morgan fingerprint density at radius 2 is 1.71 bits per heavy atom. The molecule has 6 rings (SSSR count). The number of phenols is 1. The minimum absolute atomic E-state index is 0.0376. The first-order chi connectivity index (χ1) is 16.8. The van der Waals surface area contributed by atoms with Gasteiger partial charge in [0.25, 0.3) is 5.91 Å². The number of halogens is 1. The summed E-state index contributed by atoms with van der Waals surface area (Å²) in [5.74, 6) is 1.35. The smallest absolute Gasteiger partial charge is 0.255 e. The van der Waals surface area contributed by atoms with Crippen LogP contribution in [-0.2, 0) is 0 Å². The van der Waals surface area contributed by atoms with Gasteiger partial charge in [0.15, 0.2) is 0 Å². The van der Waals surface area contributed by atoms with Crippen LogP contribution >= 0.6 is 11.6 Å². The lowest BCUT2D eigenvalue weighted by Gasteiger charge is -2.30. The van der Waals surface area contributed by atoms with Crippen LogP contribution in [0.1, 0.15) is 48.9 Å².